The number of nitrogens with zero attached hydrogens (tertiary/aromatic N) is 1. The van der Waals surface area contributed by atoms with Crippen molar-refractivity contribution in [3.8, 4) is 0 Å². The van der Waals surface area contributed by atoms with E-state index in [4.69, 9.17) is 9.47 Å². The Morgan fingerprint density at radius 3 is 2.63 bits per heavy atom. The van der Waals surface area contributed by atoms with Crippen molar-refractivity contribution in [2.24, 2.45) is 11.8 Å². The van der Waals surface area contributed by atoms with Crippen LogP contribution in [0.15, 0.2) is 11.6 Å². The van der Waals surface area contributed by atoms with Gasteiger partial charge < -0.3 is 24.6 Å². The molecular weight excluding hydrogens is 354 g/mol. The molecule has 0 amide bonds. The van der Waals surface area contributed by atoms with Crippen molar-refractivity contribution in [1.29, 1.82) is 0 Å². The molecule has 8 nitrogen and oxygen atoms in total. The second-order valence-electron chi connectivity index (χ2n) is 7.59. The highest BCUT2D eigenvalue weighted by Crippen LogP contribution is 2.30. The first-order valence-electron chi connectivity index (χ1n) is 9.29. The van der Waals surface area contributed by atoms with Crippen LogP contribution in [0.3, 0.4) is 0 Å². The van der Waals surface area contributed by atoms with Crippen LogP contribution in [0.5, 0.6) is 0 Å². The largest absolute Gasteiger partial charge is 0.459 e. The van der Waals surface area contributed by atoms with Gasteiger partial charge in [0.1, 0.15) is 6.61 Å². The molecule has 0 saturated carbocycles. The van der Waals surface area contributed by atoms with Crippen molar-refractivity contribution in [2.75, 3.05) is 26.7 Å². The van der Waals surface area contributed by atoms with Gasteiger partial charge in [-0.3, -0.25) is 9.59 Å². The SMILES string of the molecule is CC[C@H]1C(=O)O[C@@H]2CCN(C)C/C=C(/COC(=O)[C@](C)(O)[C@H](C)[C@H]1O)C2=O. The molecular formula is C19H29NO7. The van der Waals surface area contributed by atoms with E-state index in [2.05, 4.69) is 0 Å². The third-order valence-electron chi connectivity index (χ3n) is 5.62. The molecule has 0 unspecified atom stereocenters. The quantitative estimate of drug-likeness (QED) is 0.611. The molecule has 152 valence electrons. The summed E-state index contributed by atoms with van der Waals surface area (Å²) in [5.74, 6) is -4.01. The molecule has 0 aromatic rings. The highest BCUT2D eigenvalue weighted by molar-refractivity contribution is 6.00. The monoisotopic (exact) mass is 383 g/mol. The van der Waals surface area contributed by atoms with E-state index >= 15 is 0 Å². The van der Waals surface area contributed by atoms with E-state index in [0.717, 1.165) is 0 Å². The smallest absolute Gasteiger partial charge is 0.338 e. The number of cyclic esters (lactones) is 1. The maximum absolute atomic E-state index is 12.8. The van der Waals surface area contributed by atoms with Crippen LogP contribution in [0.25, 0.3) is 0 Å². The number of aliphatic hydroxyl groups excluding tert-OH is 1. The molecule has 2 aliphatic heterocycles. The number of esters is 2. The van der Waals surface area contributed by atoms with Gasteiger partial charge in [0.05, 0.1) is 12.0 Å². The molecule has 2 N–H and O–H groups in total. The minimum atomic E-state index is -2.02. The standard InChI is InChI=1S/C19H29NO7/c1-5-13-15(21)11(2)19(3,25)18(24)26-10-12-6-8-20(4)9-7-14(16(12)22)27-17(13)23/h6,11,13-15,21,25H,5,7-10H2,1-4H3/b12-6-/t11-,13-,14-,15-,19-/m1/s1. The minimum Gasteiger partial charge on any atom is -0.459 e. The maximum Gasteiger partial charge on any atom is 0.338 e. The number of Topliss-reactive ketones (excluding diaryl/α,β-unsaturated/α-hetero) is 1. The Labute approximate surface area is 159 Å². The Morgan fingerprint density at radius 1 is 1.33 bits per heavy atom. The van der Waals surface area contributed by atoms with E-state index in [1.807, 2.05) is 11.9 Å². The zero-order valence-corrected chi connectivity index (χ0v) is 16.3. The number of hydrogen-bond donors (Lipinski definition) is 2. The fourth-order valence-electron chi connectivity index (χ4n) is 3.31. The van der Waals surface area contributed by atoms with Crippen LogP contribution < -0.4 is 0 Å². The topological polar surface area (TPSA) is 113 Å². The lowest BCUT2D eigenvalue weighted by Gasteiger charge is -2.35. The first-order chi connectivity index (χ1) is 12.6. The van der Waals surface area contributed by atoms with Crippen molar-refractivity contribution in [1.82, 2.24) is 4.90 Å². The van der Waals surface area contributed by atoms with Crippen LogP contribution in [-0.2, 0) is 23.9 Å². The second-order valence-corrected chi connectivity index (χ2v) is 7.59. The van der Waals surface area contributed by atoms with Crippen molar-refractivity contribution in [2.45, 2.75) is 51.4 Å². The molecule has 5 atom stereocenters. The van der Waals surface area contributed by atoms with E-state index in [1.165, 1.54) is 13.8 Å². The summed E-state index contributed by atoms with van der Waals surface area (Å²) in [5, 5.41) is 21.2. The molecule has 0 aromatic heterocycles. The number of likely N-dealkylation sites (N-methyl/N-ethyl adjacent to an activating group) is 1. The Balaban J connectivity index is 2.45. The van der Waals surface area contributed by atoms with Crippen LogP contribution in [0, 0.1) is 11.8 Å². The molecule has 0 aliphatic carbocycles. The fraction of sp³-hybridized carbons (Fsp3) is 0.737. The molecule has 8 heteroatoms. The highest BCUT2D eigenvalue weighted by Gasteiger charge is 2.46. The lowest BCUT2D eigenvalue weighted by atomic mass is 9.79. The molecule has 0 spiro atoms. The first kappa shape index (κ1) is 21.5. The van der Waals surface area contributed by atoms with Gasteiger partial charge >= 0.3 is 11.9 Å². The lowest BCUT2D eigenvalue weighted by Crippen LogP contribution is -2.52. The average molecular weight is 383 g/mol. The summed E-state index contributed by atoms with van der Waals surface area (Å²) in [7, 11) is 1.86. The van der Waals surface area contributed by atoms with E-state index < -0.39 is 47.4 Å². The molecule has 2 rings (SSSR count). The Hall–Kier alpha value is -1.77. The molecule has 1 fully saturated rings. The molecule has 2 heterocycles. The zero-order chi connectivity index (χ0) is 20.4. The van der Waals surface area contributed by atoms with E-state index in [9.17, 15) is 24.6 Å². The van der Waals surface area contributed by atoms with Crippen molar-refractivity contribution in [3.63, 3.8) is 0 Å². The summed E-state index contributed by atoms with van der Waals surface area (Å²) in [6.45, 7) is 5.12. The van der Waals surface area contributed by atoms with Crippen LogP contribution in [-0.4, -0.2) is 77.4 Å². The van der Waals surface area contributed by atoms with Gasteiger partial charge in [0, 0.05) is 31.0 Å². The summed E-state index contributed by atoms with van der Waals surface area (Å²) in [5.41, 5.74) is -1.79. The van der Waals surface area contributed by atoms with Crippen LogP contribution in [0.1, 0.15) is 33.6 Å². The number of rotatable bonds is 1. The third-order valence-corrected chi connectivity index (χ3v) is 5.62. The number of carbonyl (C=O) groups excluding carboxylic acids is 3. The van der Waals surface area contributed by atoms with Gasteiger partial charge in [0.15, 0.2) is 11.7 Å². The number of ether oxygens (including phenoxy) is 2. The van der Waals surface area contributed by atoms with Gasteiger partial charge in [0.2, 0.25) is 5.78 Å². The molecule has 2 bridgehead atoms. The lowest BCUT2D eigenvalue weighted by molar-refractivity contribution is -0.181. The first-order valence-corrected chi connectivity index (χ1v) is 9.29. The van der Waals surface area contributed by atoms with E-state index in [-0.39, 0.29) is 18.6 Å². The minimum absolute atomic E-state index is 0.227. The number of hydrogen-bond acceptors (Lipinski definition) is 8. The van der Waals surface area contributed by atoms with Gasteiger partial charge in [-0.25, -0.2) is 4.79 Å². The summed E-state index contributed by atoms with van der Waals surface area (Å²) in [4.78, 5) is 39.8. The van der Waals surface area contributed by atoms with Crippen LogP contribution in [0.4, 0.5) is 0 Å². The van der Waals surface area contributed by atoms with Gasteiger partial charge in [-0.05, 0) is 20.4 Å². The third kappa shape index (κ3) is 4.56. The van der Waals surface area contributed by atoms with E-state index in [0.29, 0.717) is 19.5 Å². The van der Waals surface area contributed by atoms with Gasteiger partial charge in [-0.15, -0.1) is 0 Å². The molecule has 0 aromatic carbocycles. The van der Waals surface area contributed by atoms with Crippen LogP contribution in [0.2, 0.25) is 0 Å². The molecule has 0 radical (unpaired) electrons. The van der Waals surface area contributed by atoms with Gasteiger partial charge in [-0.2, -0.15) is 0 Å². The number of carbonyl (C=O) groups is 3. The fourth-order valence-corrected chi connectivity index (χ4v) is 3.31. The highest BCUT2D eigenvalue weighted by atomic mass is 16.6. The van der Waals surface area contributed by atoms with Crippen LogP contribution >= 0.6 is 0 Å². The van der Waals surface area contributed by atoms with Gasteiger partial charge in [0.25, 0.3) is 0 Å². The predicted octanol–water partition coefficient (Wildman–Crippen LogP) is 0.0602. The Bertz CT molecular complexity index is 628. The van der Waals surface area contributed by atoms with Crippen molar-refractivity contribution >= 4 is 17.7 Å². The zero-order valence-electron chi connectivity index (χ0n) is 16.3. The Morgan fingerprint density at radius 2 is 2.00 bits per heavy atom. The number of aliphatic hydroxyl groups is 2. The summed E-state index contributed by atoms with van der Waals surface area (Å²) >= 11 is 0. The normalized spacial score (nSPS) is 39.0. The number of ketones is 1. The summed E-state index contributed by atoms with van der Waals surface area (Å²) in [6, 6.07) is 0. The second kappa shape index (κ2) is 8.50. The van der Waals surface area contributed by atoms with Crippen molar-refractivity contribution in [3.05, 3.63) is 11.6 Å². The average Bonchev–Trinajstić information content (AvgIpc) is 2.62. The van der Waals surface area contributed by atoms with Crippen molar-refractivity contribution < 1.29 is 34.1 Å². The molecule has 1 saturated heterocycles. The van der Waals surface area contributed by atoms with Gasteiger partial charge in [-0.1, -0.05) is 19.9 Å². The molecule has 2 aliphatic rings. The van der Waals surface area contributed by atoms with E-state index in [1.54, 1.807) is 13.0 Å². The summed E-state index contributed by atoms with van der Waals surface area (Å²) < 4.78 is 10.7. The summed E-state index contributed by atoms with van der Waals surface area (Å²) in [6.07, 6.45) is -0.135. The Kier molecular flexibility index (Phi) is 6.77. The number of fused-ring (bicyclic) bond motifs is 2. The molecule has 27 heavy (non-hydrogen) atoms. The predicted molar refractivity (Wildman–Crippen MR) is 95.6 cm³/mol. The maximum atomic E-state index is 12.8.